The van der Waals surface area contributed by atoms with Gasteiger partial charge in [0.05, 0.1) is 27.7 Å². The molecule has 0 bridgehead atoms. The standard InChI is InChI=1S/C22H18Cl2N2O2S2/c23-16-6-3-7-17(24)15(16)11-29-22-25-18-9-8-12(10-19(18)30-22)26-20(27)13-4-1-2-5-14(13)21(26)28/h3,6-10,13-14H,1-2,4-5,11H2/t13-,14+. The van der Waals surface area contributed by atoms with Gasteiger partial charge < -0.3 is 0 Å². The topological polar surface area (TPSA) is 50.3 Å². The van der Waals surface area contributed by atoms with E-state index in [-0.39, 0.29) is 23.7 Å². The summed E-state index contributed by atoms with van der Waals surface area (Å²) in [6.45, 7) is 0. The summed E-state index contributed by atoms with van der Waals surface area (Å²) in [7, 11) is 0. The second-order valence-corrected chi connectivity index (χ2v) is 10.7. The van der Waals surface area contributed by atoms with E-state index in [9.17, 15) is 9.59 Å². The zero-order chi connectivity index (χ0) is 20.8. The number of amides is 2. The fraction of sp³-hybridized carbons (Fsp3) is 0.318. The number of nitrogens with zero attached hydrogens (tertiary/aromatic N) is 2. The Kier molecular flexibility index (Phi) is 5.52. The van der Waals surface area contributed by atoms with Crippen LogP contribution in [0.25, 0.3) is 10.2 Å². The molecule has 4 nitrogen and oxygen atoms in total. The quantitative estimate of drug-likeness (QED) is 0.315. The van der Waals surface area contributed by atoms with Crippen LogP contribution in [0, 0.1) is 11.8 Å². The molecule has 2 atom stereocenters. The minimum atomic E-state index is -0.144. The van der Waals surface area contributed by atoms with Crippen LogP contribution in [0.15, 0.2) is 40.7 Å². The summed E-state index contributed by atoms with van der Waals surface area (Å²) in [5.41, 5.74) is 2.40. The Bertz CT molecular complexity index is 1120. The molecule has 154 valence electrons. The fourth-order valence-electron chi connectivity index (χ4n) is 4.31. The van der Waals surface area contributed by atoms with Crippen molar-refractivity contribution in [1.82, 2.24) is 4.98 Å². The molecular weight excluding hydrogens is 459 g/mol. The van der Waals surface area contributed by atoms with E-state index in [2.05, 4.69) is 4.98 Å². The summed E-state index contributed by atoms with van der Waals surface area (Å²) in [5, 5.41) is 1.29. The first-order valence-corrected chi connectivity index (χ1v) is 12.4. The summed E-state index contributed by atoms with van der Waals surface area (Å²) in [5.74, 6) is 0.246. The second kappa shape index (κ2) is 8.15. The van der Waals surface area contributed by atoms with Gasteiger partial charge in [-0.3, -0.25) is 14.5 Å². The number of halogens is 2. The van der Waals surface area contributed by atoms with E-state index in [1.807, 2.05) is 36.4 Å². The molecule has 0 N–H and O–H groups in total. The van der Waals surface area contributed by atoms with E-state index >= 15 is 0 Å². The Morgan fingerprint density at radius 1 is 1.03 bits per heavy atom. The van der Waals surface area contributed by atoms with Crippen molar-refractivity contribution in [1.29, 1.82) is 0 Å². The molecular formula is C22H18Cl2N2O2S2. The molecule has 0 spiro atoms. The minimum Gasteiger partial charge on any atom is -0.274 e. The molecule has 30 heavy (non-hydrogen) atoms. The number of thioether (sulfide) groups is 1. The van der Waals surface area contributed by atoms with Crippen LogP contribution in [0.5, 0.6) is 0 Å². The van der Waals surface area contributed by atoms with Crippen LogP contribution in [0.2, 0.25) is 10.0 Å². The van der Waals surface area contributed by atoms with Crippen molar-refractivity contribution in [2.75, 3.05) is 4.90 Å². The number of anilines is 1. The van der Waals surface area contributed by atoms with Crippen molar-refractivity contribution in [3.63, 3.8) is 0 Å². The summed E-state index contributed by atoms with van der Waals surface area (Å²) >= 11 is 15.6. The number of benzene rings is 2. The second-order valence-electron chi connectivity index (χ2n) is 7.63. The van der Waals surface area contributed by atoms with Gasteiger partial charge in [-0.1, -0.05) is 53.9 Å². The van der Waals surface area contributed by atoms with Crippen molar-refractivity contribution in [3.05, 3.63) is 52.0 Å². The van der Waals surface area contributed by atoms with Gasteiger partial charge >= 0.3 is 0 Å². The van der Waals surface area contributed by atoms with E-state index in [0.29, 0.717) is 21.5 Å². The molecule has 1 aromatic heterocycles. The van der Waals surface area contributed by atoms with Gasteiger partial charge in [0.1, 0.15) is 0 Å². The van der Waals surface area contributed by atoms with Crippen LogP contribution >= 0.6 is 46.3 Å². The molecule has 2 fully saturated rings. The number of thiazole rings is 1. The van der Waals surface area contributed by atoms with Gasteiger partial charge in [0.25, 0.3) is 0 Å². The molecule has 8 heteroatoms. The highest BCUT2D eigenvalue weighted by Crippen LogP contribution is 2.42. The van der Waals surface area contributed by atoms with Gasteiger partial charge in [0, 0.05) is 15.8 Å². The molecule has 3 aromatic rings. The van der Waals surface area contributed by atoms with E-state index in [1.54, 1.807) is 23.1 Å². The molecule has 1 saturated heterocycles. The number of hydrogen-bond acceptors (Lipinski definition) is 5. The van der Waals surface area contributed by atoms with Gasteiger partial charge in [-0.25, -0.2) is 4.98 Å². The minimum absolute atomic E-state index is 0.0449. The first kappa shape index (κ1) is 20.3. The number of hydrogen-bond donors (Lipinski definition) is 0. The molecule has 1 aliphatic heterocycles. The lowest BCUT2D eigenvalue weighted by Crippen LogP contribution is -2.30. The largest absolute Gasteiger partial charge is 0.274 e. The first-order chi connectivity index (χ1) is 14.5. The highest BCUT2D eigenvalue weighted by atomic mass is 35.5. The van der Waals surface area contributed by atoms with Crippen molar-refractivity contribution < 1.29 is 9.59 Å². The van der Waals surface area contributed by atoms with E-state index < -0.39 is 0 Å². The Morgan fingerprint density at radius 2 is 1.70 bits per heavy atom. The Hall–Kier alpha value is -1.60. The Balaban J connectivity index is 1.39. The lowest BCUT2D eigenvalue weighted by molar-refractivity contribution is -0.122. The Labute approximate surface area is 192 Å². The lowest BCUT2D eigenvalue weighted by Gasteiger charge is -2.19. The van der Waals surface area contributed by atoms with E-state index in [0.717, 1.165) is 45.8 Å². The summed E-state index contributed by atoms with van der Waals surface area (Å²) in [6.07, 6.45) is 3.69. The highest BCUT2D eigenvalue weighted by molar-refractivity contribution is 8.00. The Morgan fingerprint density at radius 3 is 2.37 bits per heavy atom. The molecule has 5 rings (SSSR count). The van der Waals surface area contributed by atoms with E-state index in [1.165, 1.54) is 4.90 Å². The van der Waals surface area contributed by atoms with Gasteiger partial charge in [0.2, 0.25) is 11.8 Å². The van der Waals surface area contributed by atoms with Gasteiger partial charge in [0.15, 0.2) is 4.34 Å². The third-order valence-corrected chi connectivity index (χ3v) is 8.75. The molecule has 2 aliphatic rings. The van der Waals surface area contributed by atoms with Crippen LogP contribution < -0.4 is 4.90 Å². The fourth-order valence-corrected chi connectivity index (χ4v) is 7.16. The molecule has 2 heterocycles. The average Bonchev–Trinajstić information content (AvgIpc) is 3.26. The van der Waals surface area contributed by atoms with Crippen LogP contribution in [-0.4, -0.2) is 16.8 Å². The number of carbonyl (C=O) groups is 2. The van der Waals surface area contributed by atoms with E-state index in [4.69, 9.17) is 23.2 Å². The van der Waals surface area contributed by atoms with Gasteiger partial charge in [-0.15, -0.1) is 11.3 Å². The zero-order valence-electron chi connectivity index (χ0n) is 15.9. The third-order valence-electron chi connectivity index (χ3n) is 5.85. The first-order valence-electron chi connectivity index (χ1n) is 9.87. The van der Waals surface area contributed by atoms with Crippen LogP contribution in [0.4, 0.5) is 5.69 Å². The number of imide groups is 1. The van der Waals surface area contributed by atoms with Crippen molar-refractivity contribution in [2.24, 2.45) is 11.8 Å². The smallest absolute Gasteiger partial charge is 0.237 e. The predicted molar refractivity (Wildman–Crippen MR) is 124 cm³/mol. The number of carbonyl (C=O) groups excluding carboxylic acids is 2. The zero-order valence-corrected chi connectivity index (χ0v) is 19.1. The number of fused-ring (bicyclic) bond motifs is 2. The lowest BCUT2D eigenvalue weighted by atomic mass is 9.81. The normalized spacial score (nSPS) is 21.5. The summed E-state index contributed by atoms with van der Waals surface area (Å²) in [4.78, 5) is 31.8. The summed E-state index contributed by atoms with van der Waals surface area (Å²) < 4.78 is 1.85. The number of rotatable bonds is 4. The van der Waals surface area contributed by atoms with Crippen LogP contribution in [-0.2, 0) is 15.3 Å². The SMILES string of the molecule is O=C1[C@H]2CCCC[C@H]2C(=O)N1c1ccc2nc(SCc3c(Cl)cccc3Cl)sc2c1. The van der Waals surface area contributed by atoms with Crippen molar-refractivity contribution >= 4 is 74.0 Å². The molecule has 2 amide bonds. The molecule has 2 aromatic carbocycles. The molecule has 1 saturated carbocycles. The number of aromatic nitrogens is 1. The van der Waals surface area contributed by atoms with Gasteiger partial charge in [-0.2, -0.15) is 0 Å². The molecule has 0 radical (unpaired) electrons. The monoisotopic (exact) mass is 476 g/mol. The maximum atomic E-state index is 12.9. The van der Waals surface area contributed by atoms with Crippen molar-refractivity contribution in [3.8, 4) is 0 Å². The van der Waals surface area contributed by atoms with Gasteiger partial charge in [-0.05, 0) is 48.7 Å². The third kappa shape index (κ3) is 3.54. The van der Waals surface area contributed by atoms with Crippen LogP contribution in [0.3, 0.4) is 0 Å². The maximum Gasteiger partial charge on any atom is 0.237 e. The molecule has 1 aliphatic carbocycles. The average molecular weight is 477 g/mol. The predicted octanol–water partition coefficient (Wildman–Crippen LogP) is 6.58. The van der Waals surface area contributed by atoms with Crippen molar-refractivity contribution in [2.45, 2.75) is 35.8 Å². The summed E-state index contributed by atoms with van der Waals surface area (Å²) in [6, 6.07) is 11.1. The maximum absolute atomic E-state index is 12.9. The van der Waals surface area contributed by atoms with Crippen LogP contribution in [0.1, 0.15) is 31.2 Å². The highest BCUT2D eigenvalue weighted by Gasteiger charge is 2.48. The molecule has 0 unspecified atom stereocenters.